The third-order valence-corrected chi connectivity index (χ3v) is 8.49. The van der Waals surface area contributed by atoms with Crippen LogP contribution < -0.4 is 9.47 Å². The highest BCUT2D eigenvalue weighted by atomic mass is 19.4. The average molecular weight is 641 g/mol. The second-order valence-corrected chi connectivity index (χ2v) is 14.4. The van der Waals surface area contributed by atoms with Crippen molar-refractivity contribution in [3.05, 3.63) is 59.7 Å². The maximum Gasteiger partial charge on any atom is 0.390 e. The van der Waals surface area contributed by atoms with Gasteiger partial charge >= 0.3 is 6.18 Å². The molecule has 0 bridgehead atoms. The van der Waals surface area contributed by atoms with Crippen molar-refractivity contribution in [3.8, 4) is 11.5 Å². The highest BCUT2D eigenvalue weighted by Gasteiger charge is 2.29. The van der Waals surface area contributed by atoms with Crippen molar-refractivity contribution in [3.63, 3.8) is 0 Å². The van der Waals surface area contributed by atoms with Gasteiger partial charge in [-0.1, -0.05) is 65.8 Å². The summed E-state index contributed by atoms with van der Waals surface area (Å²) >= 11 is 0. The summed E-state index contributed by atoms with van der Waals surface area (Å²) in [6.07, 6.45) is -3.36. The smallest absolute Gasteiger partial charge is 0.390 e. The van der Waals surface area contributed by atoms with Crippen molar-refractivity contribution in [2.45, 2.75) is 116 Å². The minimum Gasteiger partial charge on any atom is -0.490 e. The third-order valence-electron chi connectivity index (χ3n) is 8.49. The molecule has 0 N–H and O–H groups in total. The van der Waals surface area contributed by atoms with Gasteiger partial charge < -0.3 is 19.3 Å². The van der Waals surface area contributed by atoms with E-state index in [4.69, 9.17) is 9.47 Å². The minimum absolute atomic E-state index is 0.0280. The fourth-order valence-electron chi connectivity index (χ4n) is 5.52. The predicted octanol–water partition coefficient (Wildman–Crippen LogP) is 9.26. The molecule has 0 radical (unpaired) electrons. The molecule has 0 aliphatic carbocycles. The first kappa shape index (κ1) is 37.1. The van der Waals surface area contributed by atoms with Crippen LogP contribution in [0.3, 0.4) is 0 Å². The first-order chi connectivity index (χ1) is 21.0. The second-order valence-electron chi connectivity index (χ2n) is 14.4. The van der Waals surface area contributed by atoms with Gasteiger partial charge in [0, 0.05) is 45.7 Å². The van der Waals surface area contributed by atoms with Crippen molar-refractivity contribution in [1.29, 1.82) is 0 Å². The van der Waals surface area contributed by atoms with Crippen molar-refractivity contribution in [2.75, 3.05) is 39.3 Å². The lowest BCUT2D eigenvalue weighted by Gasteiger charge is -2.32. The summed E-state index contributed by atoms with van der Waals surface area (Å²) < 4.78 is 73.1. The Balaban J connectivity index is 0.000000246. The van der Waals surface area contributed by atoms with Gasteiger partial charge in [-0.3, -0.25) is 0 Å². The normalized spacial score (nSPS) is 18.0. The Kier molecular flexibility index (Phi) is 13.5. The highest BCUT2D eigenvalue weighted by Crippen LogP contribution is 2.28. The number of alkyl halides is 5. The lowest BCUT2D eigenvalue weighted by molar-refractivity contribution is -0.138. The molecule has 9 heteroatoms. The summed E-state index contributed by atoms with van der Waals surface area (Å²) in [6.45, 7) is 16.7. The molecule has 0 atom stereocenters. The van der Waals surface area contributed by atoms with E-state index in [-0.39, 0.29) is 36.0 Å². The van der Waals surface area contributed by atoms with E-state index in [0.717, 1.165) is 50.3 Å². The molecule has 45 heavy (non-hydrogen) atoms. The molecule has 0 spiro atoms. The Hall–Kier alpha value is -2.39. The van der Waals surface area contributed by atoms with Crippen LogP contribution in [0.5, 0.6) is 11.5 Å². The molecule has 2 saturated heterocycles. The predicted molar refractivity (Wildman–Crippen MR) is 172 cm³/mol. The van der Waals surface area contributed by atoms with Crippen LogP contribution in [-0.2, 0) is 10.8 Å². The van der Waals surface area contributed by atoms with Gasteiger partial charge in [0.05, 0.1) is 6.42 Å². The molecule has 0 unspecified atom stereocenters. The maximum atomic E-state index is 12.2. The van der Waals surface area contributed by atoms with Crippen LogP contribution in [0.2, 0.25) is 0 Å². The highest BCUT2D eigenvalue weighted by molar-refractivity contribution is 5.32. The number of benzene rings is 2. The van der Waals surface area contributed by atoms with E-state index in [1.54, 1.807) is 0 Å². The lowest BCUT2D eigenvalue weighted by Crippen LogP contribution is -2.39. The molecule has 2 aliphatic rings. The lowest BCUT2D eigenvalue weighted by atomic mass is 9.87. The van der Waals surface area contributed by atoms with Gasteiger partial charge in [0.15, 0.2) is 0 Å². The van der Waals surface area contributed by atoms with E-state index in [1.807, 2.05) is 29.2 Å². The molecule has 0 saturated carbocycles. The number of hydrogen-bond acceptors (Lipinski definition) is 4. The summed E-state index contributed by atoms with van der Waals surface area (Å²) in [5.41, 5.74) is 2.81. The standard InChI is InChI=1S/C18H26F3NO.C18H27F2NO/c1-17(2,3)14-4-6-15(7-5-14)23-16-8-11-22(12-9-16)13-10-18(19,20)21;1-18(2,3)14-4-6-15(7-5-14)22-16-8-11-21(12-9-16)13-10-17(19)20/h4-7,16H,8-13H2,1-3H3;4-7,16-17H,8-13H2,1-3H3. The van der Waals surface area contributed by atoms with Gasteiger partial charge in [0.2, 0.25) is 6.43 Å². The van der Waals surface area contributed by atoms with Gasteiger partial charge in [-0.2, -0.15) is 13.2 Å². The number of hydrogen-bond donors (Lipinski definition) is 0. The number of likely N-dealkylation sites (tertiary alicyclic amines) is 2. The molecule has 2 fully saturated rings. The summed E-state index contributed by atoms with van der Waals surface area (Å²) in [6, 6.07) is 16.4. The fourth-order valence-corrected chi connectivity index (χ4v) is 5.52. The molecule has 0 aromatic heterocycles. The molecule has 2 aromatic rings. The van der Waals surface area contributed by atoms with Crippen LogP contribution in [0.4, 0.5) is 22.0 Å². The summed E-state index contributed by atoms with van der Waals surface area (Å²) in [5, 5.41) is 0. The van der Waals surface area contributed by atoms with Crippen LogP contribution in [0.1, 0.15) is 91.2 Å². The Morgan fingerprint density at radius 2 is 0.978 bits per heavy atom. The Morgan fingerprint density at radius 3 is 1.29 bits per heavy atom. The zero-order valence-electron chi connectivity index (χ0n) is 27.9. The van der Waals surface area contributed by atoms with Crippen LogP contribution in [0.15, 0.2) is 48.5 Å². The van der Waals surface area contributed by atoms with Crippen LogP contribution in [0.25, 0.3) is 0 Å². The van der Waals surface area contributed by atoms with Gasteiger partial charge in [-0.15, -0.1) is 0 Å². The topological polar surface area (TPSA) is 24.9 Å². The summed E-state index contributed by atoms with van der Waals surface area (Å²) in [7, 11) is 0. The number of rotatable bonds is 9. The van der Waals surface area contributed by atoms with E-state index in [9.17, 15) is 22.0 Å². The third kappa shape index (κ3) is 13.9. The van der Waals surface area contributed by atoms with Gasteiger partial charge in [0.1, 0.15) is 23.7 Å². The van der Waals surface area contributed by atoms with Gasteiger partial charge in [-0.05, 0) is 71.9 Å². The monoisotopic (exact) mass is 640 g/mol. The van der Waals surface area contributed by atoms with Gasteiger partial charge in [-0.25, -0.2) is 8.78 Å². The Bertz CT molecular complexity index is 1110. The van der Waals surface area contributed by atoms with Crippen LogP contribution >= 0.6 is 0 Å². The Morgan fingerprint density at radius 1 is 0.622 bits per heavy atom. The fraction of sp³-hybridized carbons (Fsp3) is 0.667. The van der Waals surface area contributed by atoms with Crippen LogP contribution in [-0.4, -0.2) is 73.9 Å². The molecule has 0 amide bonds. The summed E-state index contributed by atoms with van der Waals surface area (Å²) in [5.74, 6) is 1.74. The molecular weight excluding hydrogens is 587 g/mol. The molecule has 2 aromatic carbocycles. The van der Waals surface area contributed by atoms with E-state index in [2.05, 4.69) is 70.7 Å². The zero-order valence-corrected chi connectivity index (χ0v) is 27.9. The quantitative estimate of drug-likeness (QED) is 0.255. The first-order valence-corrected chi connectivity index (χ1v) is 16.3. The maximum absolute atomic E-state index is 12.2. The molecule has 254 valence electrons. The second kappa shape index (κ2) is 16.4. The molecule has 4 nitrogen and oxygen atoms in total. The van der Waals surface area contributed by atoms with Crippen LogP contribution in [0, 0.1) is 0 Å². The number of nitrogens with zero attached hydrogens (tertiary/aromatic N) is 2. The van der Waals surface area contributed by atoms with E-state index >= 15 is 0 Å². The number of halogens is 5. The first-order valence-electron chi connectivity index (χ1n) is 16.3. The van der Waals surface area contributed by atoms with Gasteiger partial charge in [0.25, 0.3) is 0 Å². The molecule has 2 aliphatic heterocycles. The molecule has 4 rings (SSSR count). The van der Waals surface area contributed by atoms with Crippen molar-refractivity contribution < 1.29 is 31.4 Å². The van der Waals surface area contributed by atoms with Crippen molar-refractivity contribution in [2.24, 2.45) is 0 Å². The largest absolute Gasteiger partial charge is 0.490 e. The Labute approximate surface area is 267 Å². The van der Waals surface area contributed by atoms with Crippen molar-refractivity contribution >= 4 is 0 Å². The molecular formula is C36H53F5N2O2. The minimum atomic E-state index is -4.07. The average Bonchev–Trinajstić information content (AvgIpc) is 2.96. The summed E-state index contributed by atoms with van der Waals surface area (Å²) in [4.78, 5) is 3.98. The molecule has 2 heterocycles. The number of ether oxygens (including phenoxy) is 2. The van der Waals surface area contributed by atoms with E-state index in [0.29, 0.717) is 19.6 Å². The van der Waals surface area contributed by atoms with Crippen molar-refractivity contribution in [1.82, 2.24) is 9.80 Å². The van der Waals surface area contributed by atoms with E-state index in [1.165, 1.54) is 11.1 Å². The SMILES string of the molecule is CC(C)(C)c1ccc(OC2CCN(CCC(F)(F)F)CC2)cc1.CC(C)(C)c1ccc(OC2CCN(CCC(F)F)CC2)cc1. The number of piperidine rings is 2. The zero-order chi connectivity index (χ0) is 33.3. The van der Waals surface area contributed by atoms with E-state index < -0.39 is 19.0 Å².